The first-order valence-electron chi connectivity index (χ1n) is 8.35. The number of rotatable bonds is 5. The zero-order valence-electron chi connectivity index (χ0n) is 14.6. The fourth-order valence-electron chi connectivity index (χ4n) is 2.62. The van der Waals surface area contributed by atoms with E-state index in [-0.39, 0.29) is 11.4 Å². The zero-order valence-corrected chi connectivity index (χ0v) is 14.6. The minimum absolute atomic E-state index is 0.0827. The Labute approximate surface area is 142 Å². The minimum atomic E-state index is -0.830. The molecule has 1 aromatic rings. The van der Waals surface area contributed by atoms with Crippen molar-refractivity contribution < 1.29 is 14.7 Å². The van der Waals surface area contributed by atoms with Crippen molar-refractivity contribution in [2.75, 3.05) is 19.6 Å². The Morgan fingerprint density at radius 2 is 2.17 bits per heavy atom. The lowest BCUT2D eigenvalue weighted by Gasteiger charge is -2.17. The van der Waals surface area contributed by atoms with Crippen molar-refractivity contribution in [2.24, 2.45) is 5.92 Å². The highest BCUT2D eigenvalue weighted by Gasteiger charge is 2.30. The molecule has 1 unspecified atom stereocenters. The molecular formula is C17H26N4O3. The highest BCUT2D eigenvalue weighted by molar-refractivity contribution is 5.77. The molecule has 2 N–H and O–H groups in total. The molecule has 2 heterocycles. The first-order valence-corrected chi connectivity index (χ1v) is 8.35. The number of carbonyl (C=O) groups excluding carboxylic acids is 1. The largest absolute Gasteiger partial charge is 0.481 e. The van der Waals surface area contributed by atoms with Gasteiger partial charge in [-0.2, -0.15) is 0 Å². The molecule has 7 nitrogen and oxygen atoms in total. The van der Waals surface area contributed by atoms with Crippen LogP contribution in [0.1, 0.15) is 45.1 Å². The van der Waals surface area contributed by atoms with Gasteiger partial charge in [0, 0.05) is 36.9 Å². The molecule has 0 bridgehead atoms. The van der Waals surface area contributed by atoms with E-state index in [4.69, 9.17) is 5.11 Å². The van der Waals surface area contributed by atoms with Crippen LogP contribution in [0.25, 0.3) is 0 Å². The molecule has 0 radical (unpaired) electrons. The van der Waals surface area contributed by atoms with Gasteiger partial charge in [-0.1, -0.05) is 20.8 Å². The number of aromatic nitrogens is 2. The van der Waals surface area contributed by atoms with Gasteiger partial charge in [-0.05, 0) is 25.3 Å². The van der Waals surface area contributed by atoms with E-state index in [0.29, 0.717) is 26.1 Å². The van der Waals surface area contributed by atoms with Gasteiger partial charge in [0.2, 0.25) is 0 Å². The number of carboxylic acids is 1. The van der Waals surface area contributed by atoms with Crippen LogP contribution in [0.3, 0.4) is 0 Å². The van der Waals surface area contributed by atoms with Crippen LogP contribution in [0.4, 0.5) is 4.79 Å². The van der Waals surface area contributed by atoms with E-state index in [0.717, 1.165) is 24.4 Å². The topological polar surface area (TPSA) is 95.4 Å². The van der Waals surface area contributed by atoms with Crippen LogP contribution >= 0.6 is 0 Å². The van der Waals surface area contributed by atoms with Gasteiger partial charge >= 0.3 is 12.0 Å². The molecule has 0 saturated carbocycles. The van der Waals surface area contributed by atoms with E-state index in [2.05, 4.69) is 36.1 Å². The summed E-state index contributed by atoms with van der Waals surface area (Å²) in [7, 11) is 0. The molecule has 2 rings (SSSR count). The number of aryl methyl sites for hydroxylation is 1. The first kappa shape index (κ1) is 18.2. The van der Waals surface area contributed by atoms with Crippen LogP contribution in [-0.2, 0) is 16.6 Å². The van der Waals surface area contributed by atoms with Gasteiger partial charge in [-0.3, -0.25) is 4.79 Å². The van der Waals surface area contributed by atoms with Gasteiger partial charge in [-0.25, -0.2) is 14.8 Å². The van der Waals surface area contributed by atoms with Crippen molar-refractivity contribution in [3.63, 3.8) is 0 Å². The molecule has 24 heavy (non-hydrogen) atoms. The Balaban J connectivity index is 1.73. The molecule has 132 valence electrons. The summed E-state index contributed by atoms with van der Waals surface area (Å²) >= 11 is 0. The second-order valence-corrected chi connectivity index (χ2v) is 7.23. The lowest BCUT2D eigenvalue weighted by Crippen LogP contribution is -2.39. The quantitative estimate of drug-likeness (QED) is 0.801. The number of hydrogen-bond acceptors (Lipinski definition) is 4. The van der Waals surface area contributed by atoms with E-state index in [1.165, 1.54) is 0 Å². The number of amides is 2. The molecule has 0 aliphatic carbocycles. The fourth-order valence-corrected chi connectivity index (χ4v) is 2.62. The Morgan fingerprint density at radius 1 is 1.42 bits per heavy atom. The Kier molecular flexibility index (Phi) is 5.75. The average molecular weight is 334 g/mol. The van der Waals surface area contributed by atoms with E-state index in [1.54, 1.807) is 11.1 Å². The molecular weight excluding hydrogens is 308 g/mol. The number of nitrogens with zero attached hydrogens (tertiary/aromatic N) is 3. The zero-order chi connectivity index (χ0) is 17.7. The van der Waals surface area contributed by atoms with Gasteiger partial charge in [0.1, 0.15) is 5.82 Å². The smallest absolute Gasteiger partial charge is 0.317 e. The van der Waals surface area contributed by atoms with E-state index in [9.17, 15) is 9.59 Å². The lowest BCUT2D eigenvalue weighted by atomic mass is 9.95. The number of carboxylic acid groups (broad SMARTS) is 1. The molecule has 1 saturated heterocycles. The van der Waals surface area contributed by atoms with Crippen molar-refractivity contribution in [3.05, 3.63) is 23.8 Å². The van der Waals surface area contributed by atoms with Crippen LogP contribution < -0.4 is 5.32 Å². The summed E-state index contributed by atoms with van der Waals surface area (Å²) in [6.07, 6.45) is 3.85. The van der Waals surface area contributed by atoms with Crippen LogP contribution in [0.5, 0.6) is 0 Å². The van der Waals surface area contributed by atoms with E-state index >= 15 is 0 Å². The third-order valence-electron chi connectivity index (χ3n) is 4.09. The summed E-state index contributed by atoms with van der Waals surface area (Å²) in [5.74, 6) is -0.447. The van der Waals surface area contributed by atoms with E-state index in [1.807, 2.05) is 6.07 Å². The third kappa shape index (κ3) is 4.91. The lowest BCUT2D eigenvalue weighted by molar-refractivity contribution is -0.141. The monoisotopic (exact) mass is 334 g/mol. The van der Waals surface area contributed by atoms with Gasteiger partial charge < -0.3 is 15.3 Å². The Morgan fingerprint density at radius 3 is 2.79 bits per heavy atom. The second-order valence-electron chi connectivity index (χ2n) is 7.23. The standard InChI is InChI=1S/C17H26N4O3/c1-17(2,3)15-18-9-6-13(20-15)5-4-8-19-16(24)21-10-7-12(11-21)14(22)23/h6,9,12H,4-5,7-8,10-11H2,1-3H3,(H,19,24)(H,22,23). The number of carbonyl (C=O) groups is 2. The third-order valence-corrected chi connectivity index (χ3v) is 4.09. The maximum absolute atomic E-state index is 12.0. The van der Waals surface area contributed by atoms with Crippen LogP contribution in [0, 0.1) is 5.92 Å². The predicted molar refractivity (Wildman–Crippen MR) is 89.8 cm³/mol. The summed E-state index contributed by atoms with van der Waals surface area (Å²) in [5, 5.41) is 11.8. The fraction of sp³-hybridized carbons (Fsp3) is 0.647. The molecule has 1 atom stereocenters. The predicted octanol–water partition coefficient (Wildman–Crippen LogP) is 1.82. The van der Waals surface area contributed by atoms with Gasteiger partial charge in [0.15, 0.2) is 0 Å². The highest BCUT2D eigenvalue weighted by atomic mass is 16.4. The Hall–Kier alpha value is -2.18. The molecule has 0 spiro atoms. The number of hydrogen-bond donors (Lipinski definition) is 2. The second kappa shape index (κ2) is 7.59. The van der Waals surface area contributed by atoms with Crippen molar-refractivity contribution in [1.82, 2.24) is 20.2 Å². The van der Waals surface area contributed by atoms with Crippen LogP contribution in [-0.4, -0.2) is 51.6 Å². The molecule has 0 aromatic carbocycles. The number of aliphatic carboxylic acids is 1. The number of urea groups is 1. The maximum Gasteiger partial charge on any atom is 0.317 e. The van der Waals surface area contributed by atoms with Gasteiger partial charge in [0.25, 0.3) is 0 Å². The van der Waals surface area contributed by atoms with Crippen molar-refractivity contribution >= 4 is 12.0 Å². The van der Waals surface area contributed by atoms with Crippen molar-refractivity contribution in [1.29, 1.82) is 0 Å². The highest BCUT2D eigenvalue weighted by Crippen LogP contribution is 2.18. The first-order chi connectivity index (χ1) is 11.3. The van der Waals surface area contributed by atoms with Crippen molar-refractivity contribution in [2.45, 2.75) is 45.4 Å². The van der Waals surface area contributed by atoms with E-state index < -0.39 is 11.9 Å². The SMILES string of the molecule is CC(C)(C)c1nccc(CCCNC(=O)N2CCC(C(=O)O)C2)n1. The summed E-state index contributed by atoms with van der Waals surface area (Å²) in [6, 6.07) is 1.71. The van der Waals surface area contributed by atoms with Gasteiger partial charge in [0.05, 0.1) is 5.92 Å². The molecule has 7 heteroatoms. The number of nitrogens with one attached hydrogen (secondary N) is 1. The van der Waals surface area contributed by atoms with Crippen molar-refractivity contribution in [3.8, 4) is 0 Å². The van der Waals surface area contributed by atoms with Crippen LogP contribution in [0.2, 0.25) is 0 Å². The molecule has 1 aliphatic heterocycles. The molecule has 1 aromatic heterocycles. The summed E-state index contributed by atoms with van der Waals surface area (Å²) < 4.78 is 0. The minimum Gasteiger partial charge on any atom is -0.481 e. The average Bonchev–Trinajstić information content (AvgIpc) is 3.01. The molecule has 2 amide bonds. The van der Waals surface area contributed by atoms with Gasteiger partial charge in [-0.15, -0.1) is 0 Å². The Bertz CT molecular complexity index is 598. The summed E-state index contributed by atoms with van der Waals surface area (Å²) in [6.45, 7) is 7.57. The summed E-state index contributed by atoms with van der Waals surface area (Å²) in [5.41, 5.74) is 0.886. The van der Waals surface area contributed by atoms with Crippen LogP contribution in [0.15, 0.2) is 12.3 Å². The normalized spacial score (nSPS) is 17.8. The maximum atomic E-state index is 12.0. The molecule has 1 aliphatic rings. The molecule has 1 fully saturated rings. The number of likely N-dealkylation sites (tertiary alicyclic amines) is 1. The summed E-state index contributed by atoms with van der Waals surface area (Å²) in [4.78, 5) is 33.4.